The van der Waals surface area contributed by atoms with E-state index in [2.05, 4.69) is 5.32 Å². The minimum atomic E-state index is -0.772. The molecule has 1 saturated heterocycles. The maximum atomic E-state index is 11.9. The molecule has 1 fully saturated rings. The summed E-state index contributed by atoms with van der Waals surface area (Å²) in [5.41, 5.74) is 0.801. The molecule has 2 heterocycles. The summed E-state index contributed by atoms with van der Waals surface area (Å²) in [5, 5.41) is 2.07. The predicted molar refractivity (Wildman–Crippen MR) is 59.4 cm³/mol. The number of para-hydroxylation sites is 1. The number of hydrogen-bond donors (Lipinski definition) is 1. The number of fused-ring (bicyclic) bond motifs is 2. The average molecular weight is 235 g/mol. The molecule has 5 heteroatoms. The highest BCUT2D eigenvalue weighted by molar-refractivity contribution is 8.15. The Balaban J connectivity index is 2.17. The van der Waals surface area contributed by atoms with Crippen molar-refractivity contribution in [2.75, 3.05) is 6.61 Å². The van der Waals surface area contributed by atoms with Gasteiger partial charge in [-0.2, -0.15) is 0 Å². The molecule has 0 aromatic heterocycles. The largest absolute Gasteiger partial charge is 0.493 e. The third-order valence-corrected chi connectivity index (χ3v) is 4.13. The zero-order valence-electron chi connectivity index (χ0n) is 8.36. The average Bonchev–Trinajstić information content (AvgIpc) is 2.55. The zero-order chi connectivity index (χ0) is 11.2. The second kappa shape index (κ2) is 3.25. The Kier molecular flexibility index (Phi) is 1.97. The van der Waals surface area contributed by atoms with Crippen molar-refractivity contribution >= 4 is 22.9 Å². The number of imide groups is 1. The number of rotatable bonds is 0. The van der Waals surface area contributed by atoms with Crippen LogP contribution in [0.4, 0.5) is 4.79 Å². The van der Waals surface area contributed by atoms with Crippen LogP contribution in [0.3, 0.4) is 0 Å². The molecular formula is C11H9NO3S. The van der Waals surface area contributed by atoms with Crippen molar-refractivity contribution in [2.45, 2.75) is 11.2 Å². The molecule has 16 heavy (non-hydrogen) atoms. The van der Waals surface area contributed by atoms with Gasteiger partial charge in [0, 0.05) is 12.0 Å². The molecule has 1 aromatic carbocycles. The van der Waals surface area contributed by atoms with E-state index in [0.717, 1.165) is 17.3 Å². The van der Waals surface area contributed by atoms with Crippen molar-refractivity contribution in [3.63, 3.8) is 0 Å². The SMILES string of the molecule is O=C1NC(=O)C2(CCOc3ccccc32)S1. The van der Waals surface area contributed by atoms with Gasteiger partial charge in [0.05, 0.1) is 6.61 Å². The van der Waals surface area contributed by atoms with E-state index in [1.807, 2.05) is 24.3 Å². The van der Waals surface area contributed by atoms with Crippen LogP contribution in [0.25, 0.3) is 0 Å². The molecule has 1 atom stereocenters. The first-order valence-corrected chi connectivity index (χ1v) is 5.81. The van der Waals surface area contributed by atoms with E-state index in [4.69, 9.17) is 4.74 Å². The fourth-order valence-electron chi connectivity index (χ4n) is 2.13. The van der Waals surface area contributed by atoms with E-state index in [-0.39, 0.29) is 11.1 Å². The smallest absolute Gasteiger partial charge is 0.287 e. The van der Waals surface area contributed by atoms with Crippen LogP contribution in [0, 0.1) is 0 Å². The molecule has 1 N–H and O–H groups in total. The Morgan fingerprint density at radius 3 is 2.88 bits per heavy atom. The van der Waals surface area contributed by atoms with Crippen molar-refractivity contribution in [3.8, 4) is 5.75 Å². The summed E-state index contributed by atoms with van der Waals surface area (Å²) in [7, 11) is 0. The molecule has 1 aromatic rings. The normalized spacial score (nSPS) is 27.5. The molecule has 82 valence electrons. The van der Waals surface area contributed by atoms with E-state index in [1.165, 1.54) is 0 Å². The molecule has 0 aliphatic carbocycles. The van der Waals surface area contributed by atoms with E-state index >= 15 is 0 Å². The zero-order valence-corrected chi connectivity index (χ0v) is 9.17. The fraction of sp³-hybridized carbons (Fsp3) is 0.273. The second-order valence-corrected chi connectivity index (χ2v) is 5.04. The van der Waals surface area contributed by atoms with Crippen molar-refractivity contribution in [1.82, 2.24) is 5.32 Å². The van der Waals surface area contributed by atoms with Gasteiger partial charge in [-0.05, 0) is 17.8 Å². The van der Waals surface area contributed by atoms with Gasteiger partial charge in [-0.25, -0.2) is 0 Å². The van der Waals surface area contributed by atoms with Crippen LogP contribution in [-0.2, 0) is 9.54 Å². The summed E-state index contributed by atoms with van der Waals surface area (Å²) < 4.78 is 4.72. The van der Waals surface area contributed by atoms with Crippen molar-refractivity contribution in [3.05, 3.63) is 29.8 Å². The van der Waals surface area contributed by atoms with Crippen LogP contribution in [0.1, 0.15) is 12.0 Å². The van der Waals surface area contributed by atoms with Crippen LogP contribution in [0.15, 0.2) is 24.3 Å². The molecule has 4 nitrogen and oxygen atoms in total. The lowest BCUT2D eigenvalue weighted by atomic mass is 9.91. The number of carbonyl (C=O) groups is 2. The van der Waals surface area contributed by atoms with Crippen molar-refractivity contribution in [2.24, 2.45) is 0 Å². The number of carbonyl (C=O) groups excluding carboxylic acids is 2. The molecule has 0 bridgehead atoms. The first-order chi connectivity index (χ1) is 7.72. The number of thioether (sulfide) groups is 1. The van der Waals surface area contributed by atoms with E-state index in [9.17, 15) is 9.59 Å². The van der Waals surface area contributed by atoms with Gasteiger partial charge in [0.15, 0.2) is 0 Å². The van der Waals surface area contributed by atoms with Gasteiger partial charge in [0.25, 0.3) is 5.24 Å². The number of hydrogen-bond acceptors (Lipinski definition) is 4. The lowest BCUT2D eigenvalue weighted by Gasteiger charge is -2.31. The maximum absolute atomic E-state index is 11.9. The highest BCUT2D eigenvalue weighted by Gasteiger charge is 2.52. The van der Waals surface area contributed by atoms with Gasteiger partial charge in [0.1, 0.15) is 10.5 Å². The van der Waals surface area contributed by atoms with Gasteiger partial charge in [-0.3, -0.25) is 14.9 Å². The molecule has 0 radical (unpaired) electrons. The maximum Gasteiger partial charge on any atom is 0.287 e. The molecule has 0 saturated carbocycles. The fourth-order valence-corrected chi connectivity index (χ4v) is 3.20. The summed E-state index contributed by atoms with van der Waals surface area (Å²) >= 11 is 1.06. The summed E-state index contributed by atoms with van der Waals surface area (Å²) in [5.74, 6) is 0.476. The number of amides is 2. The quantitative estimate of drug-likeness (QED) is 0.742. The van der Waals surface area contributed by atoms with Crippen molar-refractivity contribution < 1.29 is 14.3 Å². The lowest BCUT2D eigenvalue weighted by molar-refractivity contribution is -0.122. The van der Waals surface area contributed by atoms with E-state index in [0.29, 0.717) is 18.8 Å². The molecule has 2 aliphatic rings. The summed E-state index contributed by atoms with van der Waals surface area (Å²) in [4.78, 5) is 23.2. The van der Waals surface area contributed by atoms with Gasteiger partial charge in [-0.1, -0.05) is 18.2 Å². The van der Waals surface area contributed by atoms with Gasteiger partial charge in [0.2, 0.25) is 5.91 Å². The van der Waals surface area contributed by atoms with Crippen molar-refractivity contribution in [1.29, 1.82) is 0 Å². The lowest BCUT2D eigenvalue weighted by Crippen LogP contribution is -2.38. The molecule has 2 amide bonds. The molecule has 1 unspecified atom stereocenters. The Labute approximate surface area is 96.4 Å². The minimum absolute atomic E-state index is 0.224. The van der Waals surface area contributed by atoms with Crippen LogP contribution in [-0.4, -0.2) is 17.8 Å². The Morgan fingerprint density at radius 1 is 1.31 bits per heavy atom. The highest BCUT2D eigenvalue weighted by atomic mass is 32.2. The molecular weight excluding hydrogens is 226 g/mol. The summed E-state index contributed by atoms with van der Waals surface area (Å²) in [6, 6.07) is 7.38. The Morgan fingerprint density at radius 2 is 2.12 bits per heavy atom. The predicted octanol–water partition coefficient (Wildman–Crippen LogP) is 1.65. The molecule has 2 aliphatic heterocycles. The number of nitrogens with one attached hydrogen (secondary N) is 1. The van der Waals surface area contributed by atoms with Crippen LogP contribution < -0.4 is 10.1 Å². The molecule has 3 rings (SSSR count). The van der Waals surface area contributed by atoms with Gasteiger partial charge < -0.3 is 4.74 Å². The van der Waals surface area contributed by atoms with Gasteiger partial charge in [-0.15, -0.1) is 0 Å². The van der Waals surface area contributed by atoms with E-state index in [1.54, 1.807) is 0 Å². The summed E-state index contributed by atoms with van der Waals surface area (Å²) in [6.07, 6.45) is 0.534. The third kappa shape index (κ3) is 1.18. The van der Waals surface area contributed by atoms with Crippen LogP contribution in [0.2, 0.25) is 0 Å². The van der Waals surface area contributed by atoms with E-state index < -0.39 is 4.75 Å². The first kappa shape index (κ1) is 9.72. The third-order valence-electron chi connectivity index (χ3n) is 2.88. The number of ether oxygens (including phenoxy) is 1. The van der Waals surface area contributed by atoms with Gasteiger partial charge >= 0.3 is 0 Å². The Hall–Kier alpha value is -1.49. The highest BCUT2D eigenvalue weighted by Crippen LogP contribution is 2.49. The Bertz CT molecular complexity index is 488. The summed E-state index contributed by atoms with van der Waals surface area (Å²) in [6.45, 7) is 0.463. The monoisotopic (exact) mass is 235 g/mol. The minimum Gasteiger partial charge on any atom is -0.493 e. The van der Waals surface area contributed by atoms with Crippen LogP contribution in [0.5, 0.6) is 5.75 Å². The molecule has 1 spiro atoms. The number of benzene rings is 1. The topological polar surface area (TPSA) is 55.4 Å². The second-order valence-electron chi connectivity index (χ2n) is 3.77. The van der Waals surface area contributed by atoms with Crippen LogP contribution >= 0.6 is 11.8 Å². The standard InChI is InChI=1S/C11H9NO3S/c13-9-11(16-10(14)12-9)5-6-15-8-4-2-1-3-7(8)11/h1-4H,5-6H2,(H,12,13,14). The first-order valence-electron chi connectivity index (χ1n) is 4.99.